The molecule has 1 fully saturated rings. The van der Waals surface area contributed by atoms with Gasteiger partial charge in [-0.05, 0) is 51.9 Å². The summed E-state index contributed by atoms with van der Waals surface area (Å²) in [7, 11) is 1.99. The number of piperidine rings is 1. The van der Waals surface area contributed by atoms with Crippen LogP contribution < -0.4 is 10.2 Å². The van der Waals surface area contributed by atoms with E-state index in [0.29, 0.717) is 6.04 Å². The minimum Gasteiger partial charge on any atom is -0.365 e. The van der Waals surface area contributed by atoms with Gasteiger partial charge in [0.15, 0.2) is 0 Å². The third-order valence-electron chi connectivity index (χ3n) is 3.77. The first-order chi connectivity index (χ1) is 8.03. The Morgan fingerprint density at radius 2 is 2.18 bits per heavy atom. The summed E-state index contributed by atoms with van der Waals surface area (Å²) in [5, 5.41) is 3.32. The lowest BCUT2D eigenvalue weighted by molar-refractivity contribution is 0.313. The van der Waals surface area contributed by atoms with E-state index in [2.05, 4.69) is 24.1 Å². The van der Waals surface area contributed by atoms with Crippen molar-refractivity contribution in [3.8, 4) is 0 Å². The van der Waals surface area contributed by atoms with Crippen molar-refractivity contribution in [1.29, 1.82) is 0 Å². The number of anilines is 1. The van der Waals surface area contributed by atoms with Gasteiger partial charge in [-0.3, -0.25) is 0 Å². The molecule has 1 unspecified atom stereocenters. The molecule has 1 heterocycles. The number of nitrogens with zero attached hydrogens (tertiary/aromatic N) is 1. The fraction of sp³-hybridized carbons (Fsp3) is 0.571. The highest BCUT2D eigenvalue weighted by molar-refractivity contribution is 5.49. The summed E-state index contributed by atoms with van der Waals surface area (Å²) in [5.41, 5.74) is 1.08. The molecule has 1 saturated heterocycles. The van der Waals surface area contributed by atoms with E-state index < -0.39 is 0 Å². The third kappa shape index (κ3) is 2.60. The van der Waals surface area contributed by atoms with Gasteiger partial charge in [0.05, 0.1) is 0 Å². The Hall–Kier alpha value is -1.09. The summed E-state index contributed by atoms with van der Waals surface area (Å²) in [5.74, 6) is -0.162. The maximum Gasteiger partial charge on any atom is 0.125 e. The molecule has 17 heavy (non-hydrogen) atoms. The van der Waals surface area contributed by atoms with Crippen molar-refractivity contribution in [2.45, 2.75) is 38.3 Å². The topological polar surface area (TPSA) is 15.3 Å². The van der Waals surface area contributed by atoms with E-state index in [1.165, 1.54) is 12.5 Å². The van der Waals surface area contributed by atoms with Crippen LogP contribution in [0, 0.1) is 5.82 Å². The lowest BCUT2D eigenvalue weighted by Crippen LogP contribution is -2.55. The molecule has 0 amide bonds. The highest BCUT2D eigenvalue weighted by Gasteiger charge is 2.33. The van der Waals surface area contributed by atoms with Crippen molar-refractivity contribution >= 4 is 5.69 Å². The second kappa shape index (κ2) is 4.65. The van der Waals surface area contributed by atoms with Crippen molar-refractivity contribution in [1.82, 2.24) is 5.32 Å². The Labute approximate surface area is 103 Å². The smallest absolute Gasteiger partial charge is 0.125 e. The fourth-order valence-electron chi connectivity index (χ4n) is 2.56. The molecule has 2 nitrogen and oxygen atoms in total. The largest absolute Gasteiger partial charge is 0.365 e. The van der Waals surface area contributed by atoms with Crippen molar-refractivity contribution in [3.63, 3.8) is 0 Å². The van der Waals surface area contributed by atoms with E-state index in [-0.39, 0.29) is 11.4 Å². The van der Waals surface area contributed by atoms with Crippen LogP contribution >= 0.6 is 0 Å². The number of nitrogens with one attached hydrogen (secondary N) is 1. The van der Waals surface area contributed by atoms with Gasteiger partial charge in [-0.2, -0.15) is 0 Å². The van der Waals surface area contributed by atoms with Crippen LogP contribution in [0.25, 0.3) is 0 Å². The van der Waals surface area contributed by atoms with Crippen LogP contribution in [-0.4, -0.2) is 25.2 Å². The molecule has 0 spiro atoms. The second-order valence-corrected chi connectivity index (χ2v) is 5.43. The van der Waals surface area contributed by atoms with Gasteiger partial charge in [0.2, 0.25) is 0 Å². The maximum atomic E-state index is 13.3. The first-order valence-corrected chi connectivity index (χ1v) is 6.23. The van der Waals surface area contributed by atoms with Crippen molar-refractivity contribution in [2.24, 2.45) is 0 Å². The molecule has 94 valence electrons. The summed E-state index contributed by atoms with van der Waals surface area (Å²) >= 11 is 0. The Bertz CT molecular complexity index is 390. The molecule has 3 heteroatoms. The number of rotatable bonds is 2. The summed E-state index contributed by atoms with van der Waals surface area (Å²) in [4.78, 5) is 2.31. The predicted molar refractivity (Wildman–Crippen MR) is 69.9 cm³/mol. The molecule has 0 aliphatic carbocycles. The normalized spacial score (nSPS) is 23.8. The first kappa shape index (κ1) is 12.4. The molecule has 1 aliphatic rings. The van der Waals surface area contributed by atoms with E-state index in [9.17, 15) is 4.39 Å². The third-order valence-corrected chi connectivity index (χ3v) is 3.77. The van der Waals surface area contributed by atoms with Crippen LogP contribution in [-0.2, 0) is 0 Å². The molecule has 2 rings (SSSR count). The lowest BCUT2D eigenvalue weighted by atomic mass is 9.87. The fourth-order valence-corrected chi connectivity index (χ4v) is 2.56. The average molecular weight is 236 g/mol. The zero-order chi connectivity index (χ0) is 12.5. The number of halogens is 1. The molecule has 1 atom stereocenters. The minimum atomic E-state index is -0.162. The number of likely N-dealkylation sites (N-methyl/N-ethyl adjacent to an activating group) is 1. The van der Waals surface area contributed by atoms with Crippen LogP contribution in [0.2, 0.25) is 0 Å². The minimum absolute atomic E-state index is 0.0984. The van der Waals surface area contributed by atoms with E-state index in [0.717, 1.165) is 18.7 Å². The van der Waals surface area contributed by atoms with Gasteiger partial charge < -0.3 is 10.2 Å². The molecule has 1 N–H and O–H groups in total. The number of hydrogen-bond donors (Lipinski definition) is 1. The van der Waals surface area contributed by atoms with Gasteiger partial charge in [-0.1, -0.05) is 6.07 Å². The summed E-state index contributed by atoms with van der Waals surface area (Å²) in [6.45, 7) is 5.39. The lowest BCUT2D eigenvalue weighted by Gasteiger charge is -2.47. The van der Waals surface area contributed by atoms with Gasteiger partial charge in [0, 0.05) is 23.8 Å². The molecule has 0 aromatic heterocycles. The Balaban J connectivity index is 2.27. The molecule has 0 bridgehead atoms. The monoisotopic (exact) mass is 236 g/mol. The van der Waals surface area contributed by atoms with Crippen LogP contribution in [0.5, 0.6) is 0 Å². The first-order valence-electron chi connectivity index (χ1n) is 6.23. The van der Waals surface area contributed by atoms with Crippen LogP contribution in [0.4, 0.5) is 10.1 Å². The SMILES string of the molecule is CNC1CCC(C)(C)N(c2cccc(F)c2)C1. The molecular formula is C14H21FN2. The Kier molecular flexibility index (Phi) is 3.38. The summed E-state index contributed by atoms with van der Waals surface area (Å²) in [6, 6.07) is 7.38. The maximum absolute atomic E-state index is 13.3. The van der Waals surface area contributed by atoms with Crippen molar-refractivity contribution in [3.05, 3.63) is 30.1 Å². The predicted octanol–water partition coefficient (Wildman–Crippen LogP) is 2.79. The highest BCUT2D eigenvalue weighted by atomic mass is 19.1. The van der Waals surface area contributed by atoms with E-state index in [1.807, 2.05) is 13.1 Å². The molecule has 1 aliphatic heterocycles. The zero-order valence-corrected chi connectivity index (χ0v) is 10.8. The van der Waals surface area contributed by atoms with Crippen LogP contribution in [0.15, 0.2) is 24.3 Å². The molecule has 0 saturated carbocycles. The average Bonchev–Trinajstić information content (AvgIpc) is 2.29. The van der Waals surface area contributed by atoms with E-state index in [1.54, 1.807) is 12.1 Å². The Morgan fingerprint density at radius 1 is 1.41 bits per heavy atom. The molecular weight excluding hydrogens is 215 g/mol. The van der Waals surface area contributed by atoms with E-state index in [4.69, 9.17) is 0 Å². The van der Waals surface area contributed by atoms with Gasteiger partial charge >= 0.3 is 0 Å². The van der Waals surface area contributed by atoms with Gasteiger partial charge in [0.1, 0.15) is 5.82 Å². The Morgan fingerprint density at radius 3 is 2.82 bits per heavy atom. The molecule has 1 aromatic rings. The van der Waals surface area contributed by atoms with Crippen LogP contribution in [0.1, 0.15) is 26.7 Å². The second-order valence-electron chi connectivity index (χ2n) is 5.43. The molecule has 0 radical (unpaired) electrons. The molecule has 1 aromatic carbocycles. The summed E-state index contributed by atoms with van der Waals surface area (Å²) in [6.07, 6.45) is 2.30. The van der Waals surface area contributed by atoms with Gasteiger partial charge in [-0.15, -0.1) is 0 Å². The van der Waals surface area contributed by atoms with Crippen LogP contribution in [0.3, 0.4) is 0 Å². The van der Waals surface area contributed by atoms with Crippen molar-refractivity contribution < 1.29 is 4.39 Å². The summed E-state index contributed by atoms with van der Waals surface area (Å²) < 4.78 is 13.3. The van der Waals surface area contributed by atoms with Gasteiger partial charge in [0.25, 0.3) is 0 Å². The zero-order valence-electron chi connectivity index (χ0n) is 10.8. The number of benzene rings is 1. The standard InChI is InChI=1S/C14H21FN2/c1-14(2)8-7-12(16-3)10-17(14)13-6-4-5-11(15)9-13/h4-6,9,12,16H,7-8,10H2,1-3H3. The van der Waals surface area contributed by atoms with Gasteiger partial charge in [-0.25, -0.2) is 4.39 Å². The number of hydrogen-bond acceptors (Lipinski definition) is 2. The highest BCUT2D eigenvalue weighted by Crippen LogP contribution is 2.32. The van der Waals surface area contributed by atoms with Crippen molar-refractivity contribution in [2.75, 3.05) is 18.5 Å². The van der Waals surface area contributed by atoms with E-state index >= 15 is 0 Å². The quantitative estimate of drug-likeness (QED) is 0.849.